The number of aromatic nitrogens is 2. The van der Waals surface area contributed by atoms with Crippen molar-refractivity contribution in [1.82, 2.24) is 19.8 Å². The molecule has 8 heteroatoms. The lowest BCUT2D eigenvalue weighted by Crippen LogP contribution is -2.48. The van der Waals surface area contributed by atoms with Gasteiger partial charge < -0.3 is 14.6 Å². The monoisotopic (exact) mass is 480 g/mol. The summed E-state index contributed by atoms with van der Waals surface area (Å²) >= 11 is 1.69. The number of H-pyrrole nitrogens is 1. The number of carbonyl (C=O) groups excluding carboxylic acids is 1. The summed E-state index contributed by atoms with van der Waals surface area (Å²) in [6.07, 6.45) is 5.63. The Morgan fingerprint density at radius 1 is 1.18 bits per heavy atom. The Hall–Kier alpha value is -2.71. The van der Waals surface area contributed by atoms with Crippen LogP contribution in [0.25, 0.3) is 10.2 Å². The van der Waals surface area contributed by atoms with E-state index in [1.54, 1.807) is 11.3 Å². The van der Waals surface area contributed by atoms with Crippen LogP contribution in [0.15, 0.2) is 29.1 Å². The van der Waals surface area contributed by atoms with Gasteiger partial charge in [0, 0.05) is 37.5 Å². The number of thiophene rings is 1. The summed E-state index contributed by atoms with van der Waals surface area (Å²) in [7, 11) is 0. The van der Waals surface area contributed by atoms with Crippen molar-refractivity contribution in [2.75, 3.05) is 32.8 Å². The molecule has 0 spiro atoms. The largest absolute Gasteiger partial charge is 0.494 e. The molecule has 180 valence electrons. The number of piperazine rings is 1. The van der Waals surface area contributed by atoms with Gasteiger partial charge in [0.1, 0.15) is 16.4 Å². The number of ether oxygens (including phenoxy) is 1. The highest BCUT2D eigenvalue weighted by Gasteiger charge is 2.23. The number of nitrogens with zero attached hydrogens (tertiary/aromatic N) is 3. The van der Waals surface area contributed by atoms with E-state index in [0.717, 1.165) is 54.1 Å². The highest BCUT2D eigenvalue weighted by molar-refractivity contribution is 7.18. The van der Waals surface area contributed by atoms with Gasteiger partial charge in [-0.2, -0.15) is 0 Å². The van der Waals surface area contributed by atoms with Crippen LogP contribution in [-0.4, -0.2) is 58.5 Å². The summed E-state index contributed by atoms with van der Waals surface area (Å²) in [6, 6.07) is 7.97. The zero-order chi connectivity index (χ0) is 23.5. The Bertz CT molecular complexity index is 1230. The molecule has 5 rings (SSSR count). The summed E-state index contributed by atoms with van der Waals surface area (Å²) in [4.78, 5) is 39.6. The number of benzene rings is 1. The van der Waals surface area contributed by atoms with Gasteiger partial charge in [0.2, 0.25) is 5.91 Å². The maximum atomic E-state index is 12.8. The van der Waals surface area contributed by atoms with Crippen LogP contribution >= 0.6 is 11.3 Å². The quantitative estimate of drug-likeness (QED) is 0.522. The second kappa shape index (κ2) is 10.3. The lowest BCUT2D eigenvalue weighted by Gasteiger charge is -2.34. The summed E-state index contributed by atoms with van der Waals surface area (Å²) < 4.78 is 5.76. The first-order valence-electron chi connectivity index (χ1n) is 12.3. The average Bonchev–Trinajstić information content (AvgIpc) is 3.21. The molecule has 1 aliphatic heterocycles. The molecule has 0 radical (unpaired) electrons. The third kappa shape index (κ3) is 5.18. The van der Waals surface area contributed by atoms with Crippen LogP contribution in [0.3, 0.4) is 0 Å². The molecule has 7 nitrogen and oxygen atoms in total. The minimum atomic E-state index is 0.00101. The van der Waals surface area contributed by atoms with Gasteiger partial charge in [-0.3, -0.25) is 14.5 Å². The van der Waals surface area contributed by atoms with Gasteiger partial charge in [0.15, 0.2) is 0 Å². The zero-order valence-electron chi connectivity index (χ0n) is 19.8. The van der Waals surface area contributed by atoms with Crippen LogP contribution in [-0.2, 0) is 24.2 Å². The van der Waals surface area contributed by atoms with Crippen molar-refractivity contribution in [3.05, 3.63) is 56.4 Å². The van der Waals surface area contributed by atoms with E-state index in [0.29, 0.717) is 39.1 Å². The number of amides is 1. The van der Waals surface area contributed by atoms with Crippen LogP contribution in [0.4, 0.5) is 0 Å². The topological polar surface area (TPSA) is 78.5 Å². The second-order valence-corrected chi connectivity index (χ2v) is 10.4. The number of hydrogen-bond donors (Lipinski definition) is 1. The van der Waals surface area contributed by atoms with Crippen molar-refractivity contribution < 1.29 is 9.53 Å². The molecule has 1 aromatic carbocycles. The second-order valence-electron chi connectivity index (χ2n) is 9.33. The number of nitrogens with one attached hydrogen (secondary N) is 1. The minimum Gasteiger partial charge on any atom is -0.494 e. The number of rotatable bonds is 7. The molecule has 0 bridgehead atoms. The van der Waals surface area contributed by atoms with E-state index >= 15 is 0 Å². The van der Waals surface area contributed by atoms with Crippen molar-refractivity contribution in [3.63, 3.8) is 0 Å². The Morgan fingerprint density at radius 3 is 2.82 bits per heavy atom. The van der Waals surface area contributed by atoms with Gasteiger partial charge >= 0.3 is 0 Å². The third-order valence-electron chi connectivity index (χ3n) is 6.77. The fraction of sp³-hybridized carbons (Fsp3) is 0.500. The van der Waals surface area contributed by atoms with Crippen molar-refractivity contribution in [2.45, 2.75) is 52.0 Å². The summed E-state index contributed by atoms with van der Waals surface area (Å²) in [5.74, 6) is 1.77. The van der Waals surface area contributed by atoms with Gasteiger partial charge in [-0.25, -0.2) is 4.98 Å². The van der Waals surface area contributed by atoms with Gasteiger partial charge in [-0.05, 0) is 62.3 Å². The van der Waals surface area contributed by atoms with Gasteiger partial charge in [-0.15, -0.1) is 11.3 Å². The molecule has 0 saturated carbocycles. The molecular formula is C26H32N4O3S. The first-order valence-corrected chi connectivity index (χ1v) is 13.1. The standard InChI is InChI=1S/C26H32N4O3S/c1-18-6-4-7-19(16-18)33-15-5-10-23(31)30-13-11-29(12-14-30)17-22-27-25(32)24-20-8-2-3-9-21(20)34-26(24)28-22/h4,6-7,16H,2-3,5,8-15,17H2,1H3,(H,27,28,32). The first-order chi connectivity index (χ1) is 16.6. The molecule has 34 heavy (non-hydrogen) atoms. The predicted molar refractivity (Wildman–Crippen MR) is 135 cm³/mol. The summed E-state index contributed by atoms with van der Waals surface area (Å²) in [5, 5.41) is 0.810. The van der Waals surface area contributed by atoms with E-state index in [4.69, 9.17) is 9.72 Å². The number of hydrogen-bond acceptors (Lipinski definition) is 6. The molecule has 3 aromatic rings. The molecule has 1 amide bonds. The van der Waals surface area contributed by atoms with Crippen LogP contribution in [0, 0.1) is 6.92 Å². The summed E-state index contributed by atoms with van der Waals surface area (Å²) in [5.41, 5.74) is 2.39. The van der Waals surface area contributed by atoms with Crippen LogP contribution in [0.2, 0.25) is 0 Å². The van der Waals surface area contributed by atoms with Crippen molar-refractivity contribution in [1.29, 1.82) is 0 Å². The summed E-state index contributed by atoms with van der Waals surface area (Å²) in [6.45, 7) is 6.18. The van der Waals surface area contributed by atoms with E-state index in [1.807, 2.05) is 36.1 Å². The third-order valence-corrected chi connectivity index (χ3v) is 7.95. The Balaban J connectivity index is 1.10. The Kier molecular flexibility index (Phi) is 6.97. The molecule has 1 saturated heterocycles. The first kappa shape index (κ1) is 23.1. The maximum Gasteiger partial charge on any atom is 0.259 e. The Labute approximate surface area is 203 Å². The van der Waals surface area contributed by atoms with Gasteiger partial charge in [0.05, 0.1) is 18.5 Å². The van der Waals surface area contributed by atoms with Gasteiger partial charge in [-0.1, -0.05) is 12.1 Å². The molecule has 1 fully saturated rings. The fourth-order valence-electron chi connectivity index (χ4n) is 4.93. The number of carbonyl (C=O) groups is 1. The van der Waals surface area contributed by atoms with Crippen molar-refractivity contribution in [3.8, 4) is 5.75 Å². The molecule has 1 N–H and O–H groups in total. The molecule has 2 aromatic heterocycles. The van der Waals surface area contributed by atoms with Crippen molar-refractivity contribution in [2.24, 2.45) is 0 Å². The number of aryl methyl sites for hydroxylation is 3. The highest BCUT2D eigenvalue weighted by atomic mass is 32.1. The smallest absolute Gasteiger partial charge is 0.259 e. The SMILES string of the molecule is Cc1cccc(OCCCC(=O)N2CCN(Cc3nc4sc5c(c4c(=O)[nH]3)CCCC5)CC2)c1. The van der Waals surface area contributed by atoms with Crippen molar-refractivity contribution >= 4 is 27.5 Å². The maximum absolute atomic E-state index is 12.8. The molecule has 0 atom stereocenters. The molecule has 1 aliphatic carbocycles. The number of fused-ring (bicyclic) bond motifs is 3. The molecule has 2 aliphatic rings. The fourth-order valence-corrected chi connectivity index (χ4v) is 6.21. The minimum absolute atomic E-state index is 0.00101. The molecule has 0 unspecified atom stereocenters. The predicted octanol–water partition coefficient (Wildman–Crippen LogP) is 3.68. The van der Waals surface area contributed by atoms with E-state index in [1.165, 1.54) is 22.4 Å². The Morgan fingerprint density at radius 2 is 2.00 bits per heavy atom. The van der Waals surface area contributed by atoms with E-state index in [-0.39, 0.29) is 11.5 Å². The molecular weight excluding hydrogens is 448 g/mol. The highest BCUT2D eigenvalue weighted by Crippen LogP contribution is 2.33. The van der Waals surface area contributed by atoms with Crippen LogP contribution in [0.1, 0.15) is 47.5 Å². The average molecular weight is 481 g/mol. The lowest BCUT2D eigenvalue weighted by molar-refractivity contribution is -0.133. The van der Waals surface area contributed by atoms with Gasteiger partial charge in [0.25, 0.3) is 5.56 Å². The van der Waals surface area contributed by atoms with Crippen LogP contribution in [0.5, 0.6) is 5.75 Å². The normalized spacial score (nSPS) is 16.6. The number of aromatic amines is 1. The van der Waals surface area contributed by atoms with E-state index < -0.39 is 0 Å². The zero-order valence-corrected chi connectivity index (χ0v) is 20.6. The van der Waals surface area contributed by atoms with E-state index in [9.17, 15) is 9.59 Å². The lowest BCUT2D eigenvalue weighted by atomic mass is 9.97. The van der Waals surface area contributed by atoms with E-state index in [2.05, 4.69) is 9.88 Å². The van der Waals surface area contributed by atoms with Crippen LogP contribution < -0.4 is 10.3 Å². The molecule has 3 heterocycles.